The van der Waals surface area contributed by atoms with Crippen LogP contribution in [0.25, 0.3) is 11.0 Å². The fraction of sp³-hybridized carbons (Fsp3) is 0.407. The standard InChI is InChI=1S/C27H32N2O5/c1-5-16-33-21-13-12-18(17-22(21)32-4)24-23-25(30)19-10-8-9-11-20(19)34-26(23)27(31)29(24)15-14-28(6-2)7-3/h8-13,17,24H,5-7,14-16H2,1-4H3/p+1/t24-/m0/s1. The quantitative estimate of drug-likeness (QED) is 0.498. The van der Waals surface area contributed by atoms with Gasteiger partial charge in [0.25, 0.3) is 5.91 Å². The van der Waals surface area contributed by atoms with Gasteiger partial charge in [-0.15, -0.1) is 0 Å². The Morgan fingerprint density at radius 3 is 2.50 bits per heavy atom. The third kappa shape index (κ3) is 4.28. The third-order valence-corrected chi connectivity index (χ3v) is 6.54. The van der Waals surface area contributed by atoms with Crippen LogP contribution in [0.1, 0.15) is 54.9 Å². The first-order chi connectivity index (χ1) is 16.5. The molecule has 3 aromatic rings. The molecule has 0 saturated heterocycles. The summed E-state index contributed by atoms with van der Waals surface area (Å²) in [5, 5.41) is 0.477. The molecule has 1 aliphatic heterocycles. The van der Waals surface area contributed by atoms with E-state index in [1.807, 2.05) is 31.2 Å². The van der Waals surface area contributed by atoms with Gasteiger partial charge in [0.15, 0.2) is 16.9 Å². The highest BCUT2D eigenvalue weighted by Gasteiger charge is 2.43. The summed E-state index contributed by atoms with van der Waals surface area (Å²) in [6.07, 6.45) is 0.880. The smallest absolute Gasteiger partial charge is 0.291 e. The van der Waals surface area contributed by atoms with Gasteiger partial charge in [0.05, 0.1) is 56.9 Å². The van der Waals surface area contributed by atoms with Crippen molar-refractivity contribution in [3.8, 4) is 11.5 Å². The molecule has 2 aromatic carbocycles. The molecular weight excluding hydrogens is 432 g/mol. The van der Waals surface area contributed by atoms with E-state index in [0.717, 1.165) is 31.6 Å². The number of quaternary nitrogens is 1. The molecule has 7 heteroatoms. The lowest BCUT2D eigenvalue weighted by molar-refractivity contribution is -0.895. The average molecular weight is 466 g/mol. The van der Waals surface area contributed by atoms with Crippen LogP contribution in [0.15, 0.2) is 51.7 Å². The summed E-state index contributed by atoms with van der Waals surface area (Å²) in [6.45, 7) is 10.1. The van der Waals surface area contributed by atoms with Crippen molar-refractivity contribution in [2.24, 2.45) is 0 Å². The maximum Gasteiger partial charge on any atom is 0.291 e. The van der Waals surface area contributed by atoms with E-state index in [-0.39, 0.29) is 17.1 Å². The summed E-state index contributed by atoms with van der Waals surface area (Å²) in [5.41, 5.74) is 1.45. The number of amides is 1. The van der Waals surface area contributed by atoms with Gasteiger partial charge in [-0.05, 0) is 50.1 Å². The number of para-hydroxylation sites is 1. The summed E-state index contributed by atoms with van der Waals surface area (Å²) in [4.78, 5) is 30.3. The van der Waals surface area contributed by atoms with Crippen LogP contribution < -0.4 is 19.8 Å². The largest absolute Gasteiger partial charge is 0.493 e. The van der Waals surface area contributed by atoms with Gasteiger partial charge in [-0.1, -0.05) is 25.1 Å². The van der Waals surface area contributed by atoms with Crippen LogP contribution in [0.5, 0.6) is 11.5 Å². The Kier molecular flexibility index (Phi) is 7.22. The van der Waals surface area contributed by atoms with Crippen molar-refractivity contribution in [1.29, 1.82) is 0 Å². The predicted molar refractivity (Wildman–Crippen MR) is 131 cm³/mol. The summed E-state index contributed by atoms with van der Waals surface area (Å²) >= 11 is 0. The summed E-state index contributed by atoms with van der Waals surface area (Å²) in [5.74, 6) is 1.10. The first-order valence-corrected chi connectivity index (χ1v) is 12.0. The number of methoxy groups -OCH3 is 1. The lowest BCUT2D eigenvalue weighted by Crippen LogP contribution is -3.12. The van der Waals surface area contributed by atoms with Crippen molar-refractivity contribution < 1.29 is 23.6 Å². The zero-order valence-corrected chi connectivity index (χ0v) is 20.3. The fourth-order valence-electron chi connectivity index (χ4n) is 4.61. The second-order valence-corrected chi connectivity index (χ2v) is 8.54. The number of hydrogen-bond donors (Lipinski definition) is 1. The Balaban J connectivity index is 1.84. The van der Waals surface area contributed by atoms with Gasteiger partial charge in [-0.3, -0.25) is 9.59 Å². The Hall–Kier alpha value is -3.32. The fourth-order valence-corrected chi connectivity index (χ4v) is 4.61. The summed E-state index contributed by atoms with van der Waals surface area (Å²) in [7, 11) is 1.59. The second kappa shape index (κ2) is 10.3. The van der Waals surface area contributed by atoms with Gasteiger partial charge in [-0.25, -0.2) is 0 Å². The van der Waals surface area contributed by atoms with Gasteiger partial charge in [0, 0.05) is 0 Å². The number of rotatable bonds is 10. The van der Waals surface area contributed by atoms with Gasteiger partial charge in [0.2, 0.25) is 5.76 Å². The monoisotopic (exact) mass is 465 g/mol. The minimum atomic E-state index is -0.549. The number of benzene rings is 2. The van der Waals surface area contributed by atoms with E-state index in [2.05, 4.69) is 13.8 Å². The highest BCUT2D eigenvalue weighted by atomic mass is 16.5. The zero-order valence-electron chi connectivity index (χ0n) is 20.3. The van der Waals surface area contributed by atoms with Crippen LogP contribution in [-0.2, 0) is 0 Å². The van der Waals surface area contributed by atoms with E-state index in [0.29, 0.717) is 41.2 Å². The Morgan fingerprint density at radius 1 is 1.03 bits per heavy atom. The lowest BCUT2D eigenvalue weighted by atomic mass is 9.98. The molecule has 4 rings (SSSR count). The highest BCUT2D eigenvalue weighted by Crippen LogP contribution is 2.40. The molecule has 1 aromatic heterocycles. The molecule has 2 heterocycles. The van der Waals surface area contributed by atoms with Crippen LogP contribution >= 0.6 is 0 Å². The van der Waals surface area contributed by atoms with Crippen LogP contribution in [0.4, 0.5) is 0 Å². The van der Waals surface area contributed by atoms with Crippen molar-refractivity contribution in [2.75, 3.05) is 39.9 Å². The molecule has 1 aliphatic rings. The predicted octanol–water partition coefficient (Wildman–Crippen LogP) is 3.06. The van der Waals surface area contributed by atoms with Crippen molar-refractivity contribution in [3.63, 3.8) is 0 Å². The molecule has 0 radical (unpaired) electrons. The molecule has 0 spiro atoms. The maximum atomic E-state index is 13.6. The molecule has 0 fully saturated rings. The van der Waals surface area contributed by atoms with Crippen molar-refractivity contribution in [3.05, 3.63) is 69.6 Å². The summed E-state index contributed by atoms with van der Waals surface area (Å²) < 4.78 is 17.4. The van der Waals surface area contributed by atoms with Crippen LogP contribution in [0.2, 0.25) is 0 Å². The van der Waals surface area contributed by atoms with Crippen LogP contribution in [0.3, 0.4) is 0 Å². The van der Waals surface area contributed by atoms with Gasteiger partial charge in [-0.2, -0.15) is 0 Å². The van der Waals surface area contributed by atoms with Crippen molar-refractivity contribution >= 4 is 16.9 Å². The van der Waals surface area contributed by atoms with Gasteiger partial charge < -0.3 is 23.7 Å². The SMILES string of the molecule is CCCOc1ccc([C@H]2c3c(oc4ccccc4c3=O)C(=O)N2CC[NH+](CC)CC)cc1OC. The van der Waals surface area contributed by atoms with E-state index in [1.54, 1.807) is 30.2 Å². The third-order valence-electron chi connectivity index (χ3n) is 6.54. The number of nitrogens with zero attached hydrogens (tertiary/aromatic N) is 1. The molecule has 1 amide bonds. The van der Waals surface area contributed by atoms with Crippen molar-refractivity contribution in [2.45, 2.75) is 33.2 Å². The zero-order chi connectivity index (χ0) is 24.2. The molecule has 0 aliphatic carbocycles. The van der Waals surface area contributed by atoms with E-state index in [1.165, 1.54) is 4.90 Å². The molecule has 34 heavy (non-hydrogen) atoms. The minimum Gasteiger partial charge on any atom is -0.493 e. The normalized spacial score (nSPS) is 15.3. The topological polar surface area (TPSA) is 73.4 Å². The van der Waals surface area contributed by atoms with E-state index >= 15 is 0 Å². The van der Waals surface area contributed by atoms with Crippen LogP contribution in [-0.4, -0.2) is 50.7 Å². The molecular formula is C27H33N2O5+. The second-order valence-electron chi connectivity index (χ2n) is 8.54. The molecule has 7 nitrogen and oxygen atoms in total. The van der Waals surface area contributed by atoms with Gasteiger partial charge in [0.1, 0.15) is 5.58 Å². The minimum absolute atomic E-state index is 0.133. The number of fused-ring (bicyclic) bond motifs is 2. The molecule has 0 unspecified atom stereocenters. The molecule has 0 saturated carbocycles. The average Bonchev–Trinajstić information content (AvgIpc) is 3.15. The number of likely N-dealkylation sites (N-methyl/N-ethyl adjacent to an activating group) is 1. The number of carbonyl (C=O) groups excluding carboxylic acids is 1. The summed E-state index contributed by atoms with van der Waals surface area (Å²) in [6, 6.07) is 12.2. The number of nitrogens with one attached hydrogen (secondary N) is 1. The van der Waals surface area contributed by atoms with Gasteiger partial charge >= 0.3 is 0 Å². The van der Waals surface area contributed by atoms with E-state index in [9.17, 15) is 9.59 Å². The Bertz CT molecular complexity index is 1230. The highest BCUT2D eigenvalue weighted by molar-refractivity contribution is 5.99. The van der Waals surface area contributed by atoms with E-state index in [4.69, 9.17) is 13.9 Å². The number of hydrogen-bond acceptors (Lipinski definition) is 5. The lowest BCUT2D eigenvalue weighted by Gasteiger charge is -2.27. The molecule has 1 atom stereocenters. The number of ether oxygens (including phenoxy) is 2. The maximum absolute atomic E-state index is 13.6. The molecule has 180 valence electrons. The van der Waals surface area contributed by atoms with Crippen molar-refractivity contribution in [1.82, 2.24) is 4.90 Å². The Labute approximate surface area is 199 Å². The Morgan fingerprint density at radius 2 is 1.79 bits per heavy atom. The molecule has 1 N–H and O–H groups in total. The first-order valence-electron chi connectivity index (χ1n) is 12.0. The van der Waals surface area contributed by atoms with Crippen LogP contribution in [0, 0.1) is 0 Å². The number of carbonyl (C=O) groups is 1. The van der Waals surface area contributed by atoms with E-state index < -0.39 is 6.04 Å². The first kappa shape index (κ1) is 23.8. The molecule has 0 bridgehead atoms.